The Hall–Kier alpha value is -0.690. The fourth-order valence-corrected chi connectivity index (χ4v) is 1.44. The van der Waals surface area contributed by atoms with Crippen molar-refractivity contribution in [3.05, 3.63) is 35.4 Å². The van der Waals surface area contributed by atoms with Crippen molar-refractivity contribution in [1.29, 1.82) is 0 Å². The molecule has 0 fully saturated rings. The average Bonchev–Trinajstić information content (AvgIpc) is 2.09. The molecule has 0 radical (unpaired) electrons. The van der Waals surface area contributed by atoms with E-state index in [0.717, 1.165) is 11.3 Å². The van der Waals surface area contributed by atoms with Crippen LogP contribution in [0.2, 0.25) is 0 Å². The molecule has 0 amide bonds. The minimum Gasteiger partial charge on any atom is -0.0839 e. The Morgan fingerprint density at radius 1 is 1.33 bits per heavy atom. The molecule has 0 aromatic heterocycles. The van der Waals surface area contributed by atoms with Crippen molar-refractivity contribution < 1.29 is 0 Å². The van der Waals surface area contributed by atoms with Gasteiger partial charge in [0, 0.05) is 11.3 Å². The lowest BCUT2D eigenvalue weighted by Gasteiger charge is -1.84. The summed E-state index contributed by atoms with van der Waals surface area (Å²) >= 11 is 5.10. The SMILES string of the molecule is S=C1Cc2cccc1c2. The molecule has 0 aliphatic heterocycles. The lowest BCUT2D eigenvalue weighted by Crippen LogP contribution is -1.88. The zero-order chi connectivity index (χ0) is 6.27. The first-order valence-electron chi connectivity index (χ1n) is 2.98. The second-order valence-electron chi connectivity index (χ2n) is 2.30. The van der Waals surface area contributed by atoms with Gasteiger partial charge in [-0.1, -0.05) is 36.5 Å². The third-order valence-corrected chi connectivity index (χ3v) is 1.99. The van der Waals surface area contributed by atoms with E-state index in [4.69, 9.17) is 12.2 Å². The Morgan fingerprint density at radius 3 is 2.89 bits per heavy atom. The molecule has 0 nitrogen and oxygen atoms in total. The minimum absolute atomic E-state index is 0.984. The number of benzene rings is 1. The van der Waals surface area contributed by atoms with Crippen LogP contribution in [0.4, 0.5) is 0 Å². The third kappa shape index (κ3) is 0.688. The summed E-state index contributed by atoms with van der Waals surface area (Å²) in [7, 11) is 0. The molecule has 0 atom stereocenters. The second kappa shape index (κ2) is 1.64. The van der Waals surface area contributed by atoms with Crippen molar-refractivity contribution in [3.63, 3.8) is 0 Å². The maximum Gasteiger partial charge on any atom is 0.0268 e. The zero-order valence-corrected chi connectivity index (χ0v) is 5.74. The number of fused-ring (bicyclic) bond motifs is 2. The topological polar surface area (TPSA) is 0 Å². The molecule has 0 saturated carbocycles. The predicted molar refractivity (Wildman–Crippen MR) is 41.8 cm³/mol. The third-order valence-electron chi connectivity index (χ3n) is 1.61. The fraction of sp³-hybridized carbons (Fsp3) is 0.125. The van der Waals surface area contributed by atoms with Gasteiger partial charge in [-0.15, -0.1) is 0 Å². The Labute approximate surface area is 59.5 Å². The van der Waals surface area contributed by atoms with Crippen LogP contribution in [0.3, 0.4) is 0 Å². The van der Waals surface area contributed by atoms with Gasteiger partial charge < -0.3 is 0 Å². The number of rotatable bonds is 0. The van der Waals surface area contributed by atoms with Crippen LogP contribution in [0.1, 0.15) is 11.1 Å². The maximum absolute atomic E-state index is 5.10. The van der Waals surface area contributed by atoms with E-state index in [1.54, 1.807) is 0 Å². The molecule has 2 bridgehead atoms. The van der Waals surface area contributed by atoms with Crippen LogP contribution in [0.15, 0.2) is 24.3 Å². The molecule has 1 aliphatic rings. The summed E-state index contributed by atoms with van der Waals surface area (Å²) < 4.78 is 0. The monoisotopic (exact) mass is 134 g/mol. The Morgan fingerprint density at radius 2 is 2.22 bits per heavy atom. The van der Waals surface area contributed by atoms with E-state index in [9.17, 15) is 0 Å². The first-order valence-corrected chi connectivity index (χ1v) is 3.39. The molecule has 1 aliphatic carbocycles. The molecule has 0 saturated heterocycles. The highest BCUT2D eigenvalue weighted by atomic mass is 32.1. The fourth-order valence-electron chi connectivity index (χ4n) is 1.14. The van der Waals surface area contributed by atoms with Crippen molar-refractivity contribution in [1.82, 2.24) is 0 Å². The van der Waals surface area contributed by atoms with Crippen molar-refractivity contribution in [2.75, 3.05) is 0 Å². The first-order chi connectivity index (χ1) is 4.36. The van der Waals surface area contributed by atoms with E-state index in [2.05, 4.69) is 24.3 Å². The molecule has 9 heavy (non-hydrogen) atoms. The van der Waals surface area contributed by atoms with Gasteiger partial charge in [-0.3, -0.25) is 0 Å². The normalized spacial score (nSPS) is 14.4. The Balaban J connectivity index is 2.69. The smallest absolute Gasteiger partial charge is 0.0268 e. The molecule has 1 aromatic rings. The van der Waals surface area contributed by atoms with Gasteiger partial charge in [-0.05, 0) is 11.1 Å². The first kappa shape index (κ1) is 5.12. The summed E-state index contributed by atoms with van der Waals surface area (Å²) in [6, 6.07) is 8.40. The van der Waals surface area contributed by atoms with Crippen LogP contribution in [0.25, 0.3) is 0 Å². The summed E-state index contributed by atoms with van der Waals surface area (Å²) in [6.07, 6.45) is 0.984. The highest BCUT2D eigenvalue weighted by Gasteiger charge is 2.09. The molecule has 2 rings (SSSR count). The van der Waals surface area contributed by atoms with Crippen molar-refractivity contribution in [2.24, 2.45) is 0 Å². The van der Waals surface area contributed by atoms with Gasteiger partial charge in [-0.25, -0.2) is 0 Å². The summed E-state index contributed by atoms with van der Waals surface area (Å²) in [6.45, 7) is 0. The molecule has 44 valence electrons. The summed E-state index contributed by atoms with van der Waals surface area (Å²) in [5.41, 5.74) is 2.60. The van der Waals surface area contributed by atoms with Crippen molar-refractivity contribution in [3.8, 4) is 0 Å². The number of thiocarbonyl (C=S) groups is 1. The second-order valence-corrected chi connectivity index (χ2v) is 2.79. The van der Waals surface area contributed by atoms with Gasteiger partial charge in [-0.2, -0.15) is 0 Å². The van der Waals surface area contributed by atoms with Crippen molar-refractivity contribution in [2.45, 2.75) is 6.42 Å². The van der Waals surface area contributed by atoms with E-state index in [1.165, 1.54) is 11.1 Å². The van der Waals surface area contributed by atoms with E-state index < -0.39 is 0 Å². The van der Waals surface area contributed by atoms with E-state index in [0.29, 0.717) is 0 Å². The van der Waals surface area contributed by atoms with E-state index in [1.807, 2.05) is 0 Å². The highest BCUT2D eigenvalue weighted by molar-refractivity contribution is 7.80. The van der Waals surface area contributed by atoms with Crippen LogP contribution >= 0.6 is 12.2 Å². The molecule has 1 heteroatoms. The van der Waals surface area contributed by atoms with Crippen LogP contribution in [-0.4, -0.2) is 4.86 Å². The molecular formula is C8H6S. The summed E-state index contributed by atoms with van der Waals surface area (Å²) in [4.78, 5) is 1.09. The molecule has 0 N–H and O–H groups in total. The lowest BCUT2D eigenvalue weighted by atomic mass is 10.2. The molecule has 0 heterocycles. The highest BCUT2D eigenvalue weighted by Crippen LogP contribution is 2.17. The van der Waals surface area contributed by atoms with Gasteiger partial charge in [0.05, 0.1) is 0 Å². The minimum atomic E-state index is 0.984. The van der Waals surface area contributed by atoms with Crippen LogP contribution in [-0.2, 0) is 6.42 Å². The summed E-state index contributed by atoms with van der Waals surface area (Å²) in [5, 5.41) is 0. The van der Waals surface area contributed by atoms with Gasteiger partial charge in [0.15, 0.2) is 0 Å². The quantitative estimate of drug-likeness (QED) is 0.489. The average molecular weight is 134 g/mol. The molecular weight excluding hydrogens is 128 g/mol. The van der Waals surface area contributed by atoms with E-state index in [-0.39, 0.29) is 0 Å². The van der Waals surface area contributed by atoms with Crippen LogP contribution in [0.5, 0.6) is 0 Å². The van der Waals surface area contributed by atoms with Gasteiger partial charge >= 0.3 is 0 Å². The molecule has 1 aromatic carbocycles. The summed E-state index contributed by atoms with van der Waals surface area (Å²) in [5.74, 6) is 0. The maximum atomic E-state index is 5.10. The lowest BCUT2D eigenvalue weighted by molar-refractivity contribution is 1.43. The molecule has 0 spiro atoms. The zero-order valence-electron chi connectivity index (χ0n) is 4.92. The largest absolute Gasteiger partial charge is 0.0839 e. The molecule has 0 unspecified atom stereocenters. The van der Waals surface area contributed by atoms with Crippen molar-refractivity contribution >= 4 is 17.1 Å². The Bertz CT molecular complexity index is 263. The van der Waals surface area contributed by atoms with Gasteiger partial charge in [0.25, 0.3) is 0 Å². The van der Waals surface area contributed by atoms with E-state index >= 15 is 0 Å². The number of hydrogen-bond acceptors (Lipinski definition) is 1. The van der Waals surface area contributed by atoms with Gasteiger partial charge in [0.2, 0.25) is 0 Å². The number of hydrogen-bond donors (Lipinski definition) is 0. The van der Waals surface area contributed by atoms with Crippen LogP contribution < -0.4 is 0 Å². The predicted octanol–water partition coefficient (Wildman–Crippen LogP) is 1.96. The Kier molecular flexibility index (Phi) is 0.935. The van der Waals surface area contributed by atoms with Crippen LogP contribution in [0, 0.1) is 0 Å². The standard InChI is InChI=1S/C8H6S/c9-8-5-6-2-1-3-7(8)4-6/h1-4H,5H2. The van der Waals surface area contributed by atoms with Gasteiger partial charge in [0.1, 0.15) is 0 Å².